The molecule has 0 atom stereocenters. The van der Waals surface area contributed by atoms with E-state index in [1.165, 1.54) is 0 Å². The van der Waals surface area contributed by atoms with Crippen molar-refractivity contribution in [1.82, 2.24) is 14.5 Å². The number of aromatic carboxylic acids is 1. The van der Waals surface area contributed by atoms with Gasteiger partial charge in [0, 0.05) is 37.2 Å². The number of methoxy groups -OCH3 is 2. The van der Waals surface area contributed by atoms with Crippen molar-refractivity contribution in [3.63, 3.8) is 0 Å². The SMILES string of the molecule is CCCCc1nc2cc(-c3ccccc3)c(C(OC)OC)nc2n1Cc1ccc2oc(-c3ccccc3C(=O)O)cc2c1. The Labute approximate surface area is 249 Å². The number of rotatable bonds is 11. The molecule has 0 aliphatic carbocycles. The summed E-state index contributed by atoms with van der Waals surface area (Å²) in [6, 6.07) is 27.0. The average Bonchev–Trinajstić information content (AvgIpc) is 3.61. The molecule has 0 saturated carbocycles. The summed E-state index contributed by atoms with van der Waals surface area (Å²) in [5.41, 5.74) is 6.70. The van der Waals surface area contributed by atoms with E-state index in [1.807, 2.05) is 54.6 Å². The number of carboxylic acid groups (broad SMARTS) is 1. The minimum atomic E-state index is -0.991. The Morgan fingerprint density at radius 1 is 0.930 bits per heavy atom. The van der Waals surface area contributed by atoms with Crippen LogP contribution >= 0.6 is 0 Å². The number of nitrogens with zero attached hydrogens (tertiary/aromatic N) is 3. The Bertz CT molecular complexity index is 1900. The van der Waals surface area contributed by atoms with Gasteiger partial charge in [0.15, 0.2) is 5.65 Å². The maximum Gasteiger partial charge on any atom is 0.336 e. The first-order valence-electron chi connectivity index (χ1n) is 14.4. The molecule has 0 bridgehead atoms. The van der Waals surface area contributed by atoms with Gasteiger partial charge in [-0.3, -0.25) is 0 Å². The largest absolute Gasteiger partial charge is 0.478 e. The first-order valence-corrected chi connectivity index (χ1v) is 14.4. The zero-order valence-electron chi connectivity index (χ0n) is 24.4. The molecule has 0 unspecified atom stereocenters. The van der Waals surface area contributed by atoms with E-state index in [2.05, 4.69) is 23.6 Å². The Morgan fingerprint density at radius 3 is 2.44 bits per heavy atom. The highest BCUT2D eigenvalue weighted by atomic mass is 16.7. The number of carbonyl (C=O) groups is 1. The molecule has 0 saturated heterocycles. The van der Waals surface area contributed by atoms with Crippen molar-refractivity contribution in [2.75, 3.05) is 14.2 Å². The second kappa shape index (κ2) is 12.2. The third-order valence-electron chi connectivity index (χ3n) is 7.66. The molecule has 0 spiro atoms. The molecule has 43 heavy (non-hydrogen) atoms. The topological polar surface area (TPSA) is 99.6 Å². The number of aryl methyl sites for hydroxylation is 1. The number of ether oxygens (including phenoxy) is 2. The summed E-state index contributed by atoms with van der Waals surface area (Å²) in [7, 11) is 3.23. The highest BCUT2D eigenvalue weighted by Crippen LogP contribution is 2.34. The molecule has 1 N–H and O–H groups in total. The van der Waals surface area contributed by atoms with Crippen LogP contribution in [0.2, 0.25) is 0 Å². The van der Waals surface area contributed by atoms with Gasteiger partial charge in [-0.2, -0.15) is 0 Å². The molecule has 0 aliphatic heterocycles. The molecule has 3 aromatic carbocycles. The van der Waals surface area contributed by atoms with Crippen LogP contribution in [0.25, 0.3) is 44.6 Å². The molecule has 0 radical (unpaired) electrons. The van der Waals surface area contributed by atoms with Crippen LogP contribution < -0.4 is 0 Å². The summed E-state index contributed by atoms with van der Waals surface area (Å²) in [5.74, 6) is 0.497. The lowest BCUT2D eigenvalue weighted by atomic mass is 10.0. The van der Waals surface area contributed by atoms with Gasteiger partial charge in [-0.1, -0.05) is 67.9 Å². The van der Waals surface area contributed by atoms with Gasteiger partial charge in [-0.05, 0) is 47.9 Å². The van der Waals surface area contributed by atoms with Crippen molar-refractivity contribution in [1.29, 1.82) is 0 Å². The van der Waals surface area contributed by atoms with E-state index in [1.54, 1.807) is 32.4 Å². The van der Waals surface area contributed by atoms with Gasteiger partial charge < -0.3 is 23.6 Å². The Morgan fingerprint density at radius 2 is 1.70 bits per heavy atom. The Kier molecular flexibility index (Phi) is 8.05. The molecule has 8 heteroatoms. The summed E-state index contributed by atoms with van der Waals surface area (Å²) in [4.78, 5) is 22.0. The summed E-state index contributed by atoms with van der Waals surface area (Å²) in [6.45, 7) is 2.73. The van der Waals surface area contributed by atoms with E-state index in [0.717, 1.165) is 58.3 Å². The van der Waals surface area contributed by atoms with E-state index >= 15 is 0 Å². The second-order valence-corrected chi connectivity index (χ2v) is 10.5. The van der Waals surface area contributed by atoms with Gasteiger partial charge in [-0.15, -0.1) is 0 Å². The van der Waals surface area contributed by atoms with E-state index in [-0.39, 0.29) is 5.56 Å². The molecule has 0 fully saturated rings. The van der Waals surface area contributed by atoms with Crippen LogP contribution in [0.4, 0.5) is 0 Å². The maximum atomic E-state index is 11.8. The highest BCUT2D eigenvalue weighted by molar-refractivity contribution is 5.96. The number of pyridine rings is 1. The van der Waals surface area contributed by atoms with Crippen molar-refractivity contribution in [3.8, 4) is 22.5 Å². The third kappa shape index (κ3) is 5.55. The normalized spacial score (nSPS) is 11.6. The minimum absolute atomic E-state index is 0.203. The number of benzene rings is 3. The van der Waals surface area contributed by atoms with Crippen LogP contribution in [0.3, 0.4) is 0 Å². The quantitative estimate of drug-likeness (QED) is 0.157. The van der Waals surface area contributed by atoms with Crippen molar-refractivity contribution in [3.05, 3.63) is 108 Å². The van der Waals surface area contributed by atoms with Gasteiger partial charge >= 0.3 is 5.97 Å². The van der Waals surface area contributed by atoms with Crippen molar-refractivity contribution >= 4 is 28.1 Å². The number of hydrogen-bond acceptors (Lipinski definition) is 6. The predicted molar refractivity (Wildman–Crippen MR) is 166 cm³/mol. The molecule has 3 heterocycles. The fraction of sp³-hybridized carbons (Fsp3) is 0.229. The summed E-state index contributed by atoms with van der Waals surface area (Å²) in [6.07, 6.45) is 2.24. The first kappa shape index (κ1) is 28.3. The highest BCUT2D eigenvalue weighted by Gasteiger charge is 2.22. The van der Waals surface area contributed by atoms with Crippen LogP contribution in [0.5, 0.6) is 0 Å². The molecular formula is C35H33N3O5. The van der Waals surface area contributed by atoms with E-state index in [0.29, 0.717) is 29.1 Å². The molecule has 3 aromatic heterocycles. The molecule has 6 aromatic rings. The van der Waals surface area contributed by atoms with E-state index in [9.17, 15) is 9.90 Å². The Hall–Kier alpha value is -4.79. The first-order chi connectivity index (χ1) is 21.0. The van der Waals surface area contributed by atoms with E-state index in [4.69, 9.17) is 23.9 Å². The minimum Gasteiger partial charge on any atom is -0.478 e. The van der Waals surface area contributed by atoms with Gasteiger partial charge in [0.1, 0.15) is 28.4 Å². The summed E-state index contributed by atoms with van der Waals surface area (Å²) >= 11 is 0. The standard InChI is InChI=1S/C35H33N3O5/c1-4-5-15-31-36-28-20-27(23-11-7-6-8-12-23)32(35(41-2)42-3)37-33(28)38(31)21-22-16-17-29-24(18-22)19-30(43-29)25-13-9-10-14-26(25)34(39)40/h6-14,16-20,35H,4-5,15,21H2,1-3H3,(H,39,40). The number of aromatic nitrogens is 3. The number of carboxylic acids is 1. The van der Waals surface area contributed by atoms with Crippen LogP contribution in [-0.2, 0) is 22.4 Å². The lowest BCUT2D eigenvalue weighted by molar-refractivity contribution is -0.108. The van der Waals surface area contributed by atoms with Gasteiger partial charge in [0.25, 0.3) is 0 Å². The molecule has 8 nitrogen and oxygen atoms in total. The molecular weight excluding hydrogens is 542 g/mol. The molecule has 0 aliphatic rings. The van der Waals surface area contributed by atoms with Crippen molar-refractivity contribution in [2.45, 2.75) is 39.0 Å². The van der Waals surface area contributed by atoms with Gasteiger partial charge in [0.2, 0.25) is 6.29 Å². The van der Waals surface area contributed by atoms with Crippen LogP contribution in [0, 0.1) is 0 Å². The number of fused-ring (bicyclic) bond motifs is 2. The van der Waals surface area contributed by atoms with Crippen molar-refractivity contribution in [2.24, 2.45) is 0 Å². The van der Waals surface area contributed by atoms with Gasteiger partial charge in [-0.25, -0.2) is 14.8 Å². The number of furan rings is 1. The number of unbranched alkanes of at least 4 members (excludes halogenated alkanes) is 1. The average molecular weight is 576 g/mol. The maximum absolute atomic E-state index is 11.8. The fourth-order valence-corrected chi connectivity index (χ4v) is 5.54. The third-order valence-corrected chi connectivity index (χ3v) is 7.66. The number of imidazole rings is 1. The van der Waals surface area contributed by atoms with Crippen LogP contribution in [-0.4, -0.2) is 39.8 Å². The zero-order valence-corrected chi connectivity index (χ0v) is 24.4. The summed E-state index contributed by atoms with van der Waals surface area (Å²) in [5, 5.41) is 10.6. The predicted octanol–water partition coefficient (Wildman–Crippen LogP) is 7.89. The van der Waals surface area contributed by atoms with E-state index < -0.39 is 12.3 Å². The summed E-state index contributed by atoms with van der Waals surface area (Å²) < 4.78 is 19.6. The Balaban J connectivity index is 1.45. The lowest BCUT2D eigenvalue weighted by Gasteiger charge is -2.17. The molecule has 6 rings (SSSR count). The van der Waals surface area contributed by atoms with Crippen LogP contribution in [0.15, 0.2) is 89.3 Å². The smallest absolute Gasteiger partial charge is 0.336 e. The van der Waals surface area contributed by atoms with Crippen molar-refractivity contribution < 1.29 is 23.8 Å². The number of hydrogen-bond donors (Lipinski definition) is 1. The van der Waals surface area contributed by atoms with Gasteiger partial charge in [0.05, 0.1) is 12.1 Å². The fourth-order valence-electron chi connectivity index (χ4n) is 5.54. The molecule has 0 amide bonds. The zero-order chi connectivity index (χ0) is 29.9. The molecule has 218 valence electrons. The lowest BCUT2D eigenvalue weighted by Crippen LogP contribution is -2.11. The van der Waals surface area contributed by atoms with Crippen LogP contribution in [0.1, 0.15) is 53.5 Å². The second-order valence-electron chi connectivity index (χ2n) is 10.5. The monoisotopic (exact) mass is 575 g/mol.